The van der Waals surface area contributed by atoms with Gasteiger partial charge in [-0.3, -0.25) is 4.79 Å². The highest BCUT2D eigenvalue weighted by atomic mass is 32.1. The Morgan fingerprint density at radius 2 is 2.54 bits per heavy atom. The SMILES string of the molecule is C#CCN(C)C(=O)c1cc(C)sn1. The lowest BCUT2D eigenvalue weighted by Gasteiger charge is -2.10. The summed E-state index contributed by atoms with van der Waals surface area (Å²) in [5, 5.41) is 0. The molecule has 0 radical (unpaired) electrons. The molecule has 0 aromatic carbocycles. The van der Waals surface area contributed by atoms with Gasteiger partial charge >= 0.3 is 0 Å². The number of amides is 1. The molecule has 0 N–H and O–H groups in total. The van der Waals surface area contributed by atoms with Crippen molar-refractivity contribution in [1.29, 1.82) is 0 Å². The van der Waals surface area contributed by atoms with Crippen molar-refractivity contribution in [3.63, 3.8) is 0 Å². The molecule has 0 fully saturated rings. The van der Waals surface area contributed by atoms with Crippen LogP contribution in [0.25, 0.3) is 0 Å². The van der Waals surface area contributed by atoms with E-state index in [1.54, 1.807) is 13.1 Å². The molecule has 0 aliphatic heterocycles. The molecule has 0 saturated carbocycles. The summed E-state index contributed by atoms with van der Waals surface area (Å²) in [6.45, 7) is 2.23. The minimum absolute atomic E-state index is 0.123. The summed E-state index contributed by atoms with van der Waals surface area (Å²) >= 11 is 1.32. The molecule has 0 unspecified atom stereocenters. The van der Waals surface area contributed by atoms with Gasteiger partial charge in [0.1, 0.15) is 5.69 Å². The highest BCUT2D eigenvalue weighted by Crippen LogP contribution is 2.09. The molecule has 0 bridgehead atoms. The van der Waals surface area contributed by atoms with Crippen LogP contribution in [0.2, 0.25) is 0 Å². The minimum Gasteiger partial charge on any atom is -0.329 e. The van der Waals surface area contributed by atoms with Crippen LogP contribution in [-0.2, 0) is 0 Å². The summed E-state index contributed by atoms with van der Waals surface area (Å²) in [6.07, 6.45) is 5.09. The Labute approximate surface area is 81.5 Å². The molecule has 3 nitrogen and oxygen atoms in total. The number of carbonyl (C=O) groups excluding carboxylic acids is 1. The fraction of sp³-hybridized carbons (Fsp3) is 0.333. The van der Waals surface area contributed by atoms with Crippen molar-refractivity contribution in [3.8, 4) is 12.3 Å². The maximum Gasteiger partial charge on any atom is 0.274 e. The smallest absolute Gasteiger partial charge is 0.274 e. The number of aryl methyl sites for hydroxylation is 1. The molecule has 1 amide bonds. The maximum atomic E-state index is 11.5. The topological polar surface area (TPSA) is 33.2 Å². The van der Waals surface area contributed by atoms with Gasteiger partial charge in [0.15, 0.2) is 0 Å². The highest BCUT2D eigenvalue weighted by molar-refractivity contribution is 7.05. The Morgan fingerprint density at radius 3 is 3.00 bits per heavy atom. The fourth-order valence-electron chi connectivity index (χ4n) is 0.871. The van der Waals surface area contributed by atoms with E-state index in [0.29, 0.717) is 12.2 Å². The van der Waals surface area contributed by atoms with Gasteiger partial charge in [-0.05, 0) is 24.5 Å². The largest absolute Gasteiger partial charge is 0.329 e. The molecule has 0 aliphatic carbocycles. The molecule has 13 heavy (non-hydrogen) atoms. The molecule has 0 aliphatic rings. The Balaban J connectivity index is 2.74. The van der Waals surface area contributed by atoms with Gasteiger partial charge in [-0.2, -0.15) is 4.37 Å². The van der Waals surface area contributed by atoms with Crippen LogP contribution in [0.15, 0.2) is 6.07 Å². The van der Waals surface area contributed by atoms with E-state index in [0.717, 1.165) is 4.88 Å². The van der Waals surface area contributed by atoms with Gasteiger partial charge in [0.25, 0.3) is 5.91 Å². The summed E-state index contributed by atoms with van der Waals surface area (Å²) in [4.78, 5) is 14.0. The average Bonchev–Trinajstić information content (AvgIpc) is 2.51. The zero-order chi connectivity index (χ0) is 9.84. The molecule has 1 rings (SSSR count). The summed E-state index contributed by atoms with van der Waals surface area (Å²) < 4.78 is 4.00. The number of hydrogen-bond donors (Lipinski definition) is 0. The second-order valence-electron chi connectivity index (χ2n) is 2.69. The third-order valence-corrected chi connectivity index (χ3v) is 2.22. The summed E-state index contributed by atoms with van der Waals surface area (Å²) in [7, 11) is 1.66. The van der Waals surface area contributed by atoms with Gasteiger partial charge in [0.05, 0.1) is 6.54 Å². The van der Waals surface area contributed by atoms with Crippen LogP contribution in [0.1, 0.15) is 15.4 Å². The van der Waals surface area contributed by atoms with Crippen molar-refractivity contribution in [3.05, 3.63) is 16.6 Å². The van der Waals surface area contributed by atoms with E-state index in [9.17, 15) is 4.79 Å². The third-order valence-electron chi connectivity index (χ3n) is 1.52. The number of nitrogens with zero attached hydrogens (tertiary/aromatic N) is 2. The highest BCUT2D eigenvalue weighted by Gasteiger charge is 2.13. The van der Waals surface area contributed by atoms with Gasteiger partial charge in [-0.15, -0.1) is 6.42 Å². The Morgan fingerprint density at radius 1 is 1.85 bits per heavy atom. The van der Waals surface area contributed by atoms with Crippen molar-refractivity contribution in [2.75, 3.05) is 13.6 Å². The van der Waals surface area contributed by atoms with E-state index in [1.165, 1.54) is 16.4 Å². The van der Waals surface area contributed by atoms with Crippen LogP contribution in [0.5, 0.6) is 0 Å². The second kappa shape index (κ2) is 4.06. The zero-order valence-corrected chi connectivity index (χ0v) is 8.39. The summed E-state index contributed by atoms with van der Waals surface area (Å²) in [5.41, 5.74) is 0.472. The molecule has 4 heteroatoms. The van der Waals surface area contributed by atoms with Crippen molar-refractivity contribution in [2.45, 2.75) is 6.92 Å². The first kappa shape index (κ1) is 9.75. The monoisotopic (exact) mass is 194 g/mol. The van der Waals surface area contributed by atoms with Crippen molar-refractivity contribution in [1.82, 2.24) is 9.27 Å². The molecule has 68 valence electrons. The van der Waals surface area contributed by atoms with Crippen LogP contribution < -0.4 is 0 Å². The first-order chi connectivity index (χ1) is 6.15. The van der Waals surface area contributed by atoms with Crippen LogP contribution in [0, 0.1) is 19.3 Å². The van der Waals surface area contributed by atoms with E-state index in [4.69, 9.17) is 6.42 Å². The van der Waals surface area contributed by atoms with Gasteiger partial charge in [-0.1, -0.05) is 5.92 Å². The lowest BCUT2D eigenvalue weighted by atomic mass is 10.3. The number of hydrogen-bond acceptors (Lipinski definition) is 3. The molecule has 0 spiro atoms. The van der Waals surface area contributed by atoms with E-state index >= 15 is 0 Å². The predicted octanol–water partition coefficient (Wildman–Crippen LogP) is 1.16. The van der Waals surface area contributed by atoms with Crippen LogP contribution >= 0.6 is 11.5 Å². The number of rotatable bonds is 2. The van der Waals surface area contributed by atoms with Crippen molar-refractivity contribution in [2.24, 2.45) is 0 Å². The zero-order valence-electron chi connectivity index (χ0n) is 7.57. The minimum atomic E-state index is -0.123. The predicted molar refractivity (Wildman–Crippen MR) is 52.6 cm³/mol. The number of carbonyl (C=O) groups is 1. The summed E-state index contributed by atoms with van der Waals surface area (Å²) in [5.74, 6) is 2.28. The molecular formula is C9H10N2OS. The van der Waals surface area contributed by atoms with Crippen LogP contribution in [0.4, 0.5) is 0 Å². The lowest BCUT2D eigenvalue weighted by Crippen LogP contribution is -2.27. The second-order valence-corrected chi connectivity index (χ2v) is 3.70. The van der Waals surface area contributed by atoms with E-state index in [1.807, 2.05) is 6.92 Å². The normalized spacial score (nSPS) is 9.31. The number of terminal acetylenes is 1. The van der Waals surface area contributed by atoms with Crippen molar-refractivity contribution < 1.29 is 4.79 Å². The Hall–Kier alpha value is -1.34. The Bertz CT molecular complexity index is 351. The first-order valence-corrected chi connectivity index (χ1v) is 4.54. The maximum absolute atomic E-state index is 11.5. The van der Waals surface area contributed by atoms with Gasteiger partial charge in [0, 0.05) is 11.9 Å². The quantitative estimate of drug-likeness (QED) is 0.662. The third kappa shape index (κ3) is 2.30. The molecule has 0 saturated heterocycles. The molecule has 1 heterocycles. The van der Waals surface area contributed by atoms with Gasteiger partial charge in [0.2, 0.25) is 0 Å². The van der Waals surface area contributed by atoms with E-state index in [2.05, 4.69) is 10.3 Å². The summed E-state index contributed by atoms with van der Waals surface area (Å²) in [6, 6.07) is 1.76. The van der Waals surface area contributed by atoms with Crippen LogP contribution in [-0.4, -0.2) is 28.8 Å². The molecule has 0 atom stereocenters. The first-order valence-electron chi connectivity index (χ1n) is 3.77. The molecular weight excluding hydrogens is 184 g/mol. The Kier molecular flexibility index (Phi) is 3.04. The average molecular weight is 194 g/mol. The lowest BCUT2D eigenvalue weighted by molar-refractivity contribution is 0.0808. The fourth-order valence-corrected chi connectivity index (χ4v) is 1.41. The number of aromatic nitrogens is 1. The molecule has 1 aromatic heterocycles. The van der Waals surface area contributed by atoms with E-state index < -0.39 is 0 Å². The van der Waals surface area contributed by atoms with Gasteiger partial charge in [-0.25, -0.2) is 0 Å². The standard InChI is InChI=1S/C9H10N2OS/c1-4-5-11(3)9(12)8-6-7(2)13-10-8/h1,6H,5H2,2-3H3. The van der Waals surface area contributed by atoms with Gasteiger partial charge < -0.3 is 4.90 Å². The van der Waals surface area contributed by atoms with Crippen molar-refractivity contribution >= 4 is 17.4 Å². The molecule has 1 aromatic rings. The van der Waals surface area contributed by atoms with Crippen LogP contribution in [0.3, 0.4) is 0 Å². The van der Waals surface area contributed by atoms with E-state index in [-0.39, 0.29) is 5.91 Å².